The Labute approximate surface area is 86.4 Å². The van der Waals surface area contributed by atoms with Crippen molar-refractivity contribution in [3.8, 4) is 0 Å². The number of esters is 1. The molecule has 0 heterocycles. The molecule has 70 valence electrons. The first kappa shape index (κ1) is 12.1. The summed E-state index contributed by atoms with van der Waals surface area (Å²) in [5, 5.41) is 0. The van der Waals surface area contributed by atoms with E-state index in [1.165, 1.54) is 0 Å². The van der Waals surface area contributed by atoms with Crippen molar-refractivity contribution in [3.05, 3.63) is 12.2 Å². The monoisotopic (exact) mass is 230 g/mol. The summed E-state index contributed by atoms with van der Waals surface area (Å²) in [6.45, 7) is 6.70. The molecule has 0 aromatic carbocycles. The maximum Gasteiger partial charge on any atom is 0.338 e. The Balaban J connectivity index is 4.22. The molecule has 0 rings (SSSR count). The molecule has 0 aromatic rings. The van der Waals surface area contributed by atoms with Crippen LogP contribution in [0.4, 0.5) is 0 Å². The van der Waals surface area contributed by atoms with Crippen LogP contribution in [-0.2, 0) is 9.53 Å². The average molecular weight is 232 g/mol. The topological polar surface area (TPSA) is 26.3 Å². The van der Waals surface area contributed by atoms with E-state index in [9.17, 15) is 4.79 Å². The number of halogens is 3. The lowest BCUT2D eigenvalue weighted by Crippen LogP contribution is -2.21. The van der Waals surface area contributed by atoms with Crippen LogP contribution in [0.5, 0.6) is 0 Å². The second-order valence-electron chi connectivity index (χ2n) is 2.43. The van der Waals surface area contributed by atoms with Gasteiger partial charge in [0.1, 0.15) is 0 Å². The maximum atomic E-state index is 11.0. The summed E-state index contributed by atoms with van der Waals surface area (Å²) in [5.41, 5.74) is -0.179. The van der Waals surface area contributed by atoms with E-state index in [1.54, 1.807) is 13.8 Å². The molecule has 0 atom stereocenters. The van der Waals surface area contributed by atoms with Gasteiger partial charge in [-0.3, -0.25) is 0 Å². The molecule has 0 N–H and O–H groups in total. The number of carbonyl (C=O) groups excluding carboxylic acids is 1. The maximum absolute atomic E-state index is 11.0. The highest BCUT2D eigenvalue weighted by Gasteiger charge is 2.31. The molecule has 12 heavy (non-hydrogen) atoms. The fraction of sp³-hybridized carbons (Fsp3) is 0.571. The zero-order valence-corrected chi connectivity index (χ0v) is 9.00. The van der Waals surface area contributed by atoms with Crippen molar-refractivity contribution >= 4 is 40.8 Å². The third-order valence-electron chi connectivity index (χ3n) is 0.931. The van der Waals surface area contributed by atoms with Crippen LogP contribution in [0.15, 0.2) is 12.2 Å². The first-order chi connectivity index (χ1) is 5.25. The van der Waals surface area contributed by atoms with Gasteiger partial charge in [0.05, 0.1) is 11.7 Å². The zero-order chi connectivity index (χ0) is 9.94. The third-order valence-corrected chi connectivity index (χ3v) is 1.62. The number of carbonyl (C=O) groups is 1. The summed E-state index contributed by atoms with van der Waals surface area (Å²) in [7, 11) is 0. The van der Waals surface area contributed by atoms with Crippen LogP contribution < -0.4 is 0 Å². The van der Waals surface area contributed by atoms with Crippen LogP contribution in [0.1, 0.15) is 13.8 Å². The quantitative estimate of drug-likeness (QED) is 0.415. The van der Waals surface area contributed by atoms with Gasteiger partial charge in [0.25, 0.3) is 0 Å². The third kappa shape index (κ3) is 4.19. The van der Waals surface area contributed by atoms with Gasteiger partial charge in [-0.2, -0.15) is 0 Å². The Kier molecular flexibility index (Phi) is 4.38. The van der Waals surface area contributed by atoms with Gasteiger partial charge < -0.3 is 4.74 Å². The van der Waals surface area contributed by atoms with Crippen LogP contribution >= 0.6 is 34.8 Å². The Hall–Kier alpha value is 0.0800. The molecule has 0 fully saturated rings. The van der Waals surface area contributed by atoms with Crippen molar-refractivity contribution in [2.24, 2.45) is 0 Å². The van der Waals surface area contributed by atoms with Crippen LogP contribution in [-0.4, -0.2) is 15.9 Å². The van der Waals surface area contributed by atoms with Crippen molar-refractivity contribution in [1.82, 2.24) is 0 Å². The predicted molar refractivity (Wildman–Crippen MR) is 50.7 cm³/mol. The van der Waals surface area contributed by atoms with Crippen molar-refractivity contribution in [2.75, 3.05) is 0 Å². The molecule has 0 aliphatic heterocycles. The summed E-state index contributed by atoms with van der Waals surface area (Å²) in [5.74, 6) is -0.690. The lowest BCUT2D eigenvalue weighted by molar-refractivity contribution is -0.142. The molecule has 0 unspecified atom stereocenters. The van der Waals surface area contributed by atoms with E-state index >= 15 is 0 Å². The largest absolute Gasteiger partial charge is 0.460 e. The van der Waals surface area contributed by atoms with Crippen LogP contribution in [0, 0.1) is 0 Å². The van der Waals surface area contributed by atoms with E-state index in [0.717, 1.165) is 0 Å². The van der Waals surface area contributed by atoms with Gasteiger partial charge in [-0.15, -0.1) is 0 Å². The normalized spacial score (nSPS) is 11.5. The van der Waals surface area contributed by atoms with Gasteiger partial charge in [0.2, 0.25) is 3.79 Å². The summed E-state index contributed by atoms with van der Waals surface area (Å²) >= 11 is 16.2. The van der Waals surface area contributed by atoms with Crippen molar-refractivity contribution in [1.29, 1.82) is 0 Å². The predicted octanol–water partition coefficient (Wildman–Crippen LogP) is 2.86. The van der Waals surface area contributed by atoms with Gasteiger partial charge in [0, 0.05) is 0 Å². The summed E-state index contributed by atoms with van der Waals surface area (Å²) in [6.07, 6.45) is -0.249. The molecule has 0 aliphatic rings. The number of rotatable bonds is 2. The van der Waals surface area contributed by atoms with E-state index in [4.69, 9.17) is 39.5 Å². The number of hydrogen-bond donors (Lipinski definition) is 0. The van der Waals surface area contributed by atoms with Gasteiger partial charge in [-0.05, 0) is 13.8 Å². The highest BCUT2D eigenvalue weighted by molar-refractivity contribution is 6.70. The fourth-order valence-electron chi connectivity index (χ4n) is 0.401. The summed E-state index contributed by atoms with van der Waals surface area (Å²) in [6, 6.07) is 0. The lowest BCUT2D eigenvalue weighted by Gasteiger charge is -2.14. The van der Waals surface area contributed by atoms with E-state index < -0.39 is 9.76 Å². The van der Waals surface area contributed by atoms with Gasteiger partial charge in [0.15, 0.2) is 0 Å². The summed E-state index contributed by atoms with van der Waals surface area (Å²) in [4.78, 5) is 11.0. The number of alkyl halides is 3. The number of ether oxygens (including phenoxy) is 1. The molecule has 0 amide bonds. The minimum absolute atomic E-state index is 0.179. The first-order valence-corrected chi connectivity index (χ1v) is 4.35. The lowest BCUT2D eigenvalue weighted by atomic mass is 10.3. The standard InChI is InChI=1S/C7H9Cl3O2/c1-4(2)12-6(11)5(3)7(8,9)10/h4H,3H2,1-2H3. The van der Waals surface area contributed by atoms with Crippen LogP contribution in [0.2, 0.25) is 0 Å². The Bertz CT molecular complexity index is 193. The first-order valence-electron chi connectivity index (χ1n) is 3.22. The highest BCUT2D eigenvalue weighted by atomic mass is 35.6. The average Bonchev–Trinajstić information content (AvgIpc) is 1.82. The Morgan fingerprint density at radius 2 is 1.83 bits per heavy atom. The molecule has 5 heteroatoms. The molecule has 0 bridgehead atoms. The zero-order valence-electron chi connectivity index (χ0n) is 6.73. The highest BCUT2D eigenvalue weighted by Crippen LogP contribution is 2.34. The molecule has 0 saturated heterocycles. The van der Waals surface area contributed by atoms with Crippen molar-refractivity contribution in [2.45, 2.75) is 23.7 Å². The fourth-order valence-corrected chi connectivity index (χ4v) is 0.632. The summed E-state index contributed by atoms with van der Waals surface area (Å²) < 4.78 is 2.96. The SMILES string of the molecule is C=C(C(=O)OC(C)C)C(Cl)(Cl)Cl. The minimum atomic E-state index is -1.79. The Morgan fingerprint density at radius 3 is 2.08 bits per heavy atom. The van der Waals surface area contributed by atoms with Crippen LogP contribution in [0.25, 0.3) is 0 Å². The van der Waals surface area contributed by atoms with E-state index in [2.05, 4.69) is 6.58 Å². The minimum Gasteiger partial charge on any atom is -0.460 e. The molecular weight excluding hydrogens is 222 g/mol. The Morgan fingerprint density at radius 1 is 1.42 bits per heavy atom. The molecule has 0 saturated carbocycles. The van der Waals surface area contributed by atoms with Crippen LogP contribution in [0.3, 0.4) is 0 Å². The van der Waals surface area contributed by atoms with Crippen molar-refractivity contribution in [3.63, 3.8) is 0 Å². The second-order valence-corrected chi connectivity index (χ2v) is 4.71. The molecule has 2 nitrogen and oxygen atoms in total. The number of hydrogen-bond acceptors (Lipinski definition) is 2. The molecule has 0 aromatic heterocycles. The molecule has 0 spiro atoms. The van der Waals surface area contributed by atoms with E-state index in [-0.39, 0.29) is 11.7 Å². The smallest absolute Gasteiger partial charge is 0.338 e. The van der Waals surface area contributed by atoms with Crippen molar-refractivity contribution < 1.29 is 9.53 Å². The molecule has 0 aliphatic carbocycles. The van der Waals surface area contributed by atoms with Gasteiger partial charge >= 0.3 is 5.97 Å². The van der Waals surface area contributed by atoms with E-state index in [0.29, 0.717) is 0 Å². The van der Waals surface area contributed by atoms with Gasteiger partial charge in [-0.1, -0.05) is 41.4 Å². The second kappa shape index (κ2) is 4.35. The molecular formula is C7H9Cl3O2. The van der Waals surface area contributed by atoms with E-state index in [1.807, 2.05) is 0 Å². The molecule has 0 radical (unpaired) electrons. The van der Waals surface area contributed by atoms with Gasteiger partial charge in [-0.25, -0.2) is 4.79 Å².